The molecule has 0 aliphatic heterocycles. The Hall–Kier alpha value is -2.81. The molecule has 0 unspecified atom stereocenters. The normalized spacial score (nSPS) is 13.5. The van der Waals surface area contributed by atoms with Crippen LogP contribution in [0.3, 0.4) is 0 Å². The molecule has 1 saturated carbocycles. The van der Waals surface area contributed by atoms with Crippen LogP contribution in [-0.2, 0) is 12.8 Å². The molecule has 28 heavy (non-hydrogen) atoms. The van der Waals surface area contributed by atoms with Gasteiger partial charge in [0.2, 0.25) is 5.06 Å². The van der Waals surface area contributed by atoms with Crippen molar-refractivity contribution in [2.75, 3.05) is 6.54 Å². The lowest BCUT2D eigenvalue weighted by molar-refractivity contribution is 0.201. The maximum atomic E-state index is 13.1. The first-order chi connectivity index (χ1) is 13.6. The molecule has 1 aliphatic carbocycles. The van der Waals surface area contributed by atoms with Crippen LogP contribution in [0, 0.1) is 18.7 Å². The van der Waals surface area contributed by atoms with Crippen molar-refractivity contribution in [3.05, 3.63) is 46.7 Å². The lowest BCUT2D eigenvalue weighted by Crippen LogP contribution is -2.28. The minimum atomic E-state index is -0.443. The maximum absolute atomic E-state index is 13.1. The molecule has 0 bridgehead atoms. The van der Waals surface area contributed by atoms with Crippen LogP contribution in [0.5, 0.6) is 5.06 Å². The predicted octanol–water partition coefficient (Wildman–Crippen LogP) is 3.92. The Morgan fingerprint density at radius 1 is 1.32 bits per heavy atom. The zero-order chi connectivity index (χ0) is 19.5. The van der Waals surface area contributed by atoms with Gasteiger partial charge in [0, 0.05) is 18.5 Å². The lowest BCUT2D eigenvalue weighted by Gasteiger charge is -2.03. The molecule has 0 aromatic carbocycles. The number of rotatable bonds is 7. The molecule has 3 aromatic rings. The number of nitrogens with one attached hydrogen (secondary N) is 1. The monoisotopic (exact) mass is 402 g/mol. The number of carbonyl (C=O) groups excluding carboxylic acids is 1. The fraction of sp³-hybridized carbons (Fsp3) is 0.368. The molecule has 4 rings (SSSR count). The lowest BCUT2D eigenvalue weighted by atomic mass is 10.1. The topological polar surface area (TPSA) is 90.1 Å². The zero-order valence-electron chi connectivity index (χ0n) is 15.3. The van der Waals surface area contributed by atoms with Crippen LogP contribution >= 0.6 is 11.3 Å². The summed E-state index contributed by atoms with van der Waals surface area (Å²) in [7, 11) is 0. The van der Waals surface area contributed by atoms with Crippen molar-refractivity contribution in [1.29, 1.82) is 0 Å². The third-order valence-corrected chi connectivity index (χ3v) is 5.44. The molecular weight excluding hydrogens is 383 g/mol. The van der Waals surface area contributed by atoms with E-state index >= 15 is 0 Å². The van der Waals surface area contributed by atoms with Gasteiger partial charge in [-0.15, -0.1) is 0 Å². The number of hydrogen-bond acceptors (Lipinski definition) is 7. The van der Waals surface area contributed by atoms with Crippen molar-refractivity contribution in [1.82, 2.24) is 20.4 Å². The molecule has 0 atom stereocenters. The third-order valence-electron chi connectivity index (χ3n) is 4.50. The van der Waals surface area contributed by atoms with E-state index < -0.39 is 11.9 Å². The second-order valence-electron chi connectivity index (χ2n) is 6.71. The van der Waals surface area contributed by atoms with Crippen LogP contribution in [0.1, 0.15) is 29.2 Å². The summed E-state index contributed by atoms with van der Waals surface area (Å²) in [6.45, 7) is 2.49. The van der Waals surface area contributed by atoms with Crippen molar-refractivity contribution in [3.63, 3.8) is 0 Å². The first-order valence-corrected chi connectivity index (χ1v) is 9.87. The highest BCUT2D eigenvalue weighted by atomic mass is 32.1. The number of carbonyl (C=O) groups is 1. The Morgan fingerprint density at radius 3 is 2.93 bits per heavy atom. The Labute approximate surface area is 164 Å². The highest BCUT2D eigenvalue weighted by Crippen LogP contribution is 2.29. The average molecular weight is 402 g/mol. The number of pyridine rings is 1. The molecule has 0 radical (unpaired) electrons. The summed E-state index contributed by atoms with van der Waals surface area (Å²) < 4.78 is 23.7. The van der Waals surface area contributed by atoms with Crippen molar-refractivity contribution < 1.29 is 18.4 Å². The van der Waals surface area contributed by atoms with Crippen molar-refractivity contribution in [2.24, 2.45) is 5.92 Å². The molecule has 9 heteroatoms. The quantitative estimate of drug-likeness (QED) is 0.644. The van der Waals surface area contributed by atoms with Crippen LogP contribution < -0.4 is 10.1 Å². The highest BCUT2D eigenvalue weighted by Gasteiger charge is 2.22. The van der Waals surface area contributed by atoms with Gasteiger partial charge < -0.3 is 14.6 Å². The molecule has 1 fully saturated rings. The van der Waals surface area contributed by atoms with Gasteiger partial charge in [0.1, 0.15) is 17.3 Å². The largest absolute Gasteiger partial charge is 0.413 e. The molecule has 0 spiro atoms. The average Bonchev–Trinajstić information content (AvgIpc) is 3.30. The number of nitrogens with zero attached hydrogens (tertiary/aromatic N) is 3. The molecule has 1 N–H and O–H groups in total. The molecular formula is C19H19FN4O3S. The molecule has 1 amide bonds. The van der Waals surface area contributed by atoms with E-state index in [-0.39, 0.29) is 0 Å². The van der Waals surface area contributed by atoms with Crippen molar-refractivity contribution >= 4 is 17.4 Å². The van der Waals surface area contributed by atoms with Crippen LogP contribution in [0.25, 0.3) is 11.4 Å². The third kappa shape index (κ3) is 4.53. The number of ether oxygens (including phenoxy) is 1. The van der Waals surface area contributed by atoms with E-state index in [9.17, 15) is 9.18 Å². The summed E-state index contributed by atoms with van der Waals surface area (Å²) >= 11 is 1.33. The molecule has 3 aromatic heterocycles. The summed E-state index contributed by atoms with van der Waals surface area (Å²) in [5.74, 6) is 0.886. The molecule has 146 valence electrons. The van der Waals surface area contributed by atoms with Gasteiger partial charge in [-0.05, 0) is 44.2 Å². The van der Waals surface area contributed by atoms with Gasteiger partial charge in [-0.3, -0.25) is 4.98 Å². The number of amides is 1. The van der Waals surface area contributed by atoms with Crippen LogP contribution in [0.2, 0.25) is 0 Å². The van der Waals surface area contributed by atoms with Crippen molar-refractivity contribution in [2.45, 2.75) is 32.6 Å². The van der Waals surface area contributed by atoms with Crippen LogP contribution in [0.4, 0.5) is 9.18 Å². The van der Waals surface area contributed by atoms with Gasteiger partial charge in [0.05, 0.1) is 23.1 Å². The van der Waals surface area contributed by atoms with E-state index in [0.29, 0.717) is 47.5 Å². The molecule has 0 saturated heterocycles. The van der Waals surface area contributed by atoms with E-state index in [2.05, 4.69) is 20.4 Å². The van der Waals surface area contributed by atoms with E-state index in [1.165, 1.54) is 30.2 Å². The summed E-state index contributed by atoms with van der Waals surface area (Å²) in [4.78, 5) is 20.2. The summed E-state index contributed by atoms with van der Waals surface area (Å²) in [6.07, 6.45) is 5.87. The van der Waals surface area contributed by atoms with Gasteiger partial charge in [0.15, 0.2) is 0 Å². The van der Waals surface area contributed by atoms with E-state index in [0.717, 1.165) is 16.8 Å². The zero-order valence-corrected chi connectivity index (χ0v) is 16.1. The minimum Gasteiger partial charge on any atom is -0.397 e. The summed E-state index contributed by atoms with van der Waals surface area (Å²) in [6, 6.07) is 2.92. The van der Waals surface area contributed by atoms with Gasteiger partial charge in [-0.2, -0.15) is 0 Å². The number of aromatic nitrogens is 3. The Morgan fingerprint density at radius 2 is 2.18 bits per heavy atom. The molecule has 1 aliphatic rings. The standard InChI is InChI=1S/C19H19FN4O3S/c1-11-14(18(24-27-11)15-6-4-13(20)9-21-15)5-7-16-22-10-17(28-16)26-19(25)23-8-12-2-3-12/h4,6,9-10,12H,2-3,5,7-8H2,1H3,(H,23,25). The number of hydrogen-bond donors (Lipinski definition) is 1. The Bertz CT molecular complexity index is 966. The maximum Gasteiger partial charge on any atom is 0.413 e. The minimum absolute atomic E-state index is 0.401. The van der Waals surface area contributed by atoms with E-state index in [1.54, 1.807) is 12.3 Å². The Kier molecular flexibility index (Phi) is 5.34. The van der Waals surface area contributed by atoms with E-state index in [4.69, 9.17) is 9.26 Å². The Balaban J connectivity index is 1.37. The van der Waals surface area contributed by atoms with Crippen LogP contribution in [0.15, 0.2) is 29.0 Å². The molecule has 7 nitrogen and oxygen atoms in total. The first kappa shape index (κ1) is 18.5. The number of aryl methyl sites for hydroxylation is 2. The van der Waals surface area contributed by atoms with Gasteiger partial charge in [-0.25, -0.2) is 14.2 Å². The first-order valence-electron chi connectivity index (χ1n) is 9.06. The van der Waals surface area contributed by atoms with Crippen molar-refractivity contribution in [3.8, 4) is 16.5 Å². The fourth-order valence-electron chi connectivity index (χ4n) is 2.77. The second-order valence-corrected chi connectivity index (χ2v) is 7.79. The smallest absolute Gasteiger partial charge is 0.397 e. The summed E-state index contributed by atoms with van der Waals surface area (Å²) in [5, 5.41) is 8.12. The van der Waals surface area contributed by atoms with Gasteiger partial charge in [0.25, 0.3) is 0 Å². The van der Waals surface area contributed by atoms with Crippen LogP contribution in [-0.4, -0.2) is 27.8 Å². The SMILES string of the molecule is Cc1onc(-c2ccc(F)cn2)c1CCc1ncc(OC(=O)NCC2CC2)s1. The summed E-state index contributed by atoms with van der Waals surface area (Å²) in [5.41, 5.74) is 2.06. The highest BCUT2D eigenvalue weighted by molar-refractivity contribution is 7.13. The van der Waals surface area contributed by atoms with Gasteiger partial charge in [-0.1, -0.05) is 16.5 Å². The fourth-order valence-corrected chi connectivity index (χ4v) is 3.53. The number of halogens is 1. The molecule has 3 heterocycles. The second kappa shape index (κ2) is 8.05. The van der Waals surface area contributed by atoms with E-state index in [1.807, 2.05) is 6.92 Å². The number of thiazole rings is 1. The predicted molar refractivity (Wildman–Crippen MR) is 101 cm³/mol. The van der Waals surface area contributed by atoms with Gasteiger partial charge >= 0.3 is 6.09 Å².